The van der Waals surface area contributed by atoms with E-state index in [1.165, 1.54) is 14.1 Å². The first-order valence-electron chi connectivity index (χ1n) is 5.05. The molecular weight excluding hydrogens is 244 g/mol. The summed E-state index contributed by atoms with van der Waals surface area (Å²) in [6.45, 7) is 0.347. The Kier molecular flexibility index (Phi) is 3.23. The van der Waals surface area contributed by atoms with E-state index in [-0.39, 0.29) is 13.3 Å². The maximum absolute atomic E-state index is 11.5. The van der Waals surface area contributed by atoms with Crippen LogP contribution in [0.2, 0.25) is 0 Å². The molecule has 0 saturated carbocycles. The molecule has 1 aromatic rings. The summed E-state index contributed by atoms with van der Waals surface area (Å²) < 4.78 is 37.2. The van der Waals surface area contributed by atoms with Gasteiger partial charge in [0.25, 0.3) is 10.2 Å². The Morgan fingerprint density at radius 2 is 2.12 bits per heavy atom. The van der Waals surface area contributed by atoms with Crippen LogP contribution in [-0.2, 0) is 16.8 Å². The van der Waals surface area contributed by atoms with Crippen LogP contribution in [0.4, 0.5) is 0 Å². The molecule has 1 heterocycles. The van der Waals surface area contributed by atoms with Crippen molar-refractivity contribution in [1.82, 2.24) is 9.03 Å². The molecule has 94 valence electrons. The molecule has 1 aromatic carbocycles. The summed E-state index contributed by atoms with van der Waals surface area (Å²) in [5.74, 6) is 1.25. The molecule has 17 heavy (non-hydrogen) atoms. The van der Waals surface area contributed by atoms with Crippen molar-refractivity contribution in [2.75, 3.05) is 20.9 Å². The third kappa shape index (κ3) is 2.51. The van der Waals surface area contributed by atoms with Crippen LogP contribution in [0.1, 0.15) is 5.56 Å². The van der Waals surface area contributed by atoms with Gasteiger partial charge in [-0.15, -0.1) is 0 Å². The van der Waals surface area contributed by atoms with Gasteiger partial charge in [0.15, 0.2) is 11.5 Å². The number of para-hydroxylation sites is 1. The molecular formula is C10H14N2O4S. The number of benzene rings is 1. The molecule has 0 spiro atoms. The first-order valence-corrected chi connectivity index (χ1v) is 6.49. The highest BCUT2D eigenvalue weighted by Crippen LogP contribution is 2.35. The van der Waals surface area contributed by atoms with Crippen LogP contribution in [0.3, 0.4) is 0 Å². The Bertz CT molecular complexity index is 513. The van der Waals surface area contributed by atoms with E-state index >= 15 is 0 Å². The minimum atomic E-state index is -3.43. The summed E-state index contributed by atoms with van der Waals surface area (Å²) in [5.41, 5.74) is 0.755. The molecule has 7 heteroatoms. The summed E-state index contributed by atoms with van der Waals surface area (Å²) in [6, 6.07) is 5.38. The van der Waals surface area contributed by atoms with Gasteiger partial charge in [-0.05, 0) is 6.07 Å². The second-order valence-electron chi connectivity index (χ2n) is 3.76. The lowest BCUT2D eigenvalue weighted by molar-refractivity contribution is 0.173. The van der Waals surface area contributed by atoms with Gasteiger partial charge in [0, 0.05) is 26.2 Å². The van der Waals surface area contributed by atoms with E-state index in [0.717, 1.165) is 9.87 Å². The predicted molar refractivity (Wildman–Crippen MR) is 62.0 cm³/mol. The van der Waals surface area contributed by atoms with Gasteiger partial charge in [0.05, 0.1) is 0 Å². The maximum atomic E-state index is 11.5. The van der Waals surface area contributed by atoms with Crippen molar-refractivity contribution in [2.45, 2.75) is 6.54 Å². The Labute approximate surface area is 100 Å². The van der Waals surface area contributed by atoms with Gasteiger partial charge >= 0.3 is 0 Å². The molecule has 0 amide bonds. The molecule has 0 unspecified atom stereocenters. The number of hydrogen-bond donors (Lipinski definition) is 1. The standard InChI is InChI=1S/C10H14N2O4S/c1-12(2)17(13,14)11-6-8-4-3-5-9-10(8)16-7-15-9/h3-5,11H,6-7H2,1-2H3. The van der Waals surface area contributed by atoms with Gasteiger partial charge in [-0.3, -0.25) is 0 Å². The quantitative estimate of drug-likeness (QED) is 0.844. The molecule has 1 aliphatic heterocycles. The molecule has 0 fully saturated rings. The molecule has 0 saturated heterocycles. The molecule has 6 nitrogen and oxygen atoms in total. The van der Waals surface area contributed by atoms with Crippen molar-refractivity contribution < 1.29 is 17.9 Å². The number of nitrogens with zero attached hydrogens (tertiary/aromatic N) is 1. The highest BCUT2D eigenvalue weighted by Gasteiger charge is 2.19. The largest absolute Gasteiger partial charge is 0.454 e. The van der Waals surface area contributed by atoms with Crippen LogP contribution in [0, 0.1) is 0 Å². The van der Waals surface area contributed by atoms with Crippen molar-refractivity contribution in [1.29, 1.82) is 0 Å². The second kappa shape index (κ2) is 4.52. The van der Waals surface area contributed by atoms with Gasteiger partial charge in [-0.2, -0.15) is 17.4 Å². The van der Waals surface area contributed by atoms with Gasteiger partial charge in [0.1, 0.15) is 0 Å². The normalized spacial score (nSPS) is 14.3. The van der Waals surface area contributed by atoms with Crippen LogP contribution in [0.15, 0.2) is 18.2 Å². The summed E-state index contributed by atoms with van der Waals surface area (Å²) >= 11 is 0. The van der Waals surface area contributed by atoms with Crippen molar-refractivity contribution in [3.63, 3.8) is 0 Å². The highest BCUT2D eigenvalue weighted by molar-refractivity contribution is 7.87. The van der Waals surface area contributed by atoms with Crippen LogP contribution in [0.5, 0.6) is 11.5 Å². The Morgan fingerprint density at radius 3 is 2.82 bits per heavy atom. The van der Waals surface area contributed by atoms with E-state index in [1.807, 2.05) is 0 Å². The molecule has 0 bridgehead atoms. The predicted octanol–water partition coefficient (Wildman–Crippen LogP) is 0.311. The monoisotopic (exact) mass is 258 g/mol. The van der Waals surface area contributed by atoms with E-state index in [0.29, 0.717) is 11.5 Å². The van der Waals surface area contributed by atoms with Crippen molar-refractivity contribution in [3.05, 3.63) is 23.8 Å². The van der Waals surface area contributed by atoms with Crippen LogP contribution in [0.25, 0.3) is 0 Å². The van der Waals surface area contributed by atoms with Crippen molar-refractivity contribution in [2.24, 2.45) is 0 Å². The minimum Gasteiger partial charge on any atom is -0.454 e. The number of hydrogen-bond acceptors (Lipinski definition) is 4. The smallest absolute Gasteiger partial charge is 0.279 e. The molecule has 0 atom stereocenters. The summed E-state index contributed by atoms with van der Waals surface area (Å²) in [5, 5.41) is 0. The van der Waals surface area contributed by atoms with Crippen molar-refractivity contribution in [3.8, 4) is 11.5 Å². The van der Waals surface area contributed by atoms with E-state index in [2.05, 4.69) is 4.72 Å². The summed E-state index contributed by atoms with van der Waals surface area (Å²) in [7, 11) is -0.488. The lowest BCUT2D eigenvalue weighted by Gasteiger charge is -2.13. The Hall–Kier alpha value is -1.31. The lowest BCUT2D eigenvalue weighted by atomic mass is 10.2. The van der Waals surface area contributed by atoms with Crippen LogP contribution in [-0.4, -0.2) is 33.6 Å². The zero-order chi connectivity index (χ0) is 12.5. The fourth-order valence-corrected chi connectivity index (χ4v) is 2.02. The third-order valence-corrected chi connectivity index (χ3v) is 3.87. The van der Waals surface area contributed by atoms with E-state index in [4.69, 9.17) is 9.47 Å². The first-order chi connectivity index (χ1) is 8.00. The third-order valence-electron chi connectivity index (χ3n) is 2.40. The van der Waals surface area contributed by atoms with Gasteiger partial charge in [0.2, 0.25) is 6.79 Å². The van der Waals surface area contributed by atoms with E-state index in [1.54, 1.807) is 18.2 Å². The number of nitrogens with one attached hydrogen (secondary N) is 1. The van der Waals surface area contributed by atoms with Gasteiger partial charge in [-0.1, -0.05) is 12.1 Å². The molecule has 0 aromatic heterocycles. The zero-order valence-corrected chi connectivity index (χ0v) is 10.5. The van der Waals surface area contributed by atoms with Crippen molar-refractivity contribution >= 4 is 10.2 Å². The van der Waals surface area contributed by atoms with E-state index < -0.39 is 10.2 Å². The number of ether oxygens (including phenoxy) is 2. The summed E-state index contributed by atoms with van der Waals surface area (Å²) in [4.78, 5) is 0. The average molecular weight is 258 g/mol. The minimum absolute atomic E-state index is 0.173. The highest BCUT2D eigenvalue weighted by atomic mass is 32.2. The molecule has 0 aliphatic carbocycles. The van der Waals surface area contributed by atoms with Gasteiger partial charge in [-0.25, -0.2) is 0 Å². The maximum Gasteiger partial charge on any atom is 0.279 e. The molecule has 1 aliphatic rings. The van der Waals surface area contributed by atoms with E-state index in [9.17, 15) is 8.42 Å². The number of rotatable bonds is 4. The first kappa shape index (κ1) is 12.2. The fourth-order valence-electron chi connectivity index (χ4n) is 1.43. The van der Waals surface area contributed by atoms with Crippen LogP contribution < -0.4 is 14.2 Å². The molecule has 0 radical (unpaired) electrons. The molecule has 2 rings (SSSR count). The van der Waals surface area contributed by atoms with Crippen LogP contribution >= 0.6 is 0 Å². The SMILES string of the molecule is CN(C)S(=O)(=O)NCc1cccc2c1OCO2. The number of fused-ring (bicyclic) bond motifs is 1. The fraction of sp³-hybridized carbons (Fsp3) is 0.400. The average Bonchev–Trinajstić information content (AvgIpc) is 2.74. The second-order valence-corrected chi connectivity index (χ2v) is 5.73. The Morgan fingerprint density at radius 1 is 1.35 bits per heavy atom. The topological polar surface area (TPSA) is 67.9 Å². The zero-order valence-electron chi connectivity index (χ0n) is 9.63. The summed E-state index contributed by atoms with van der Waals surface area (Å²) in [6.07, 6.45) is 0. The Balaban J connectivity index is 2.13. The van der Waals surface area contributed by atoms with Gasteiger partial charge < -0.3 is 9.47 Å². The lowest BCUT2D eigenvalue weighted by Crippen LogP contribution is -2.35. The molecule has 1 N–H and O–H groups in total.